The number of benzene rings is 1. The van der Waals surface area contributed by atoms with Gasteiger partial charge in [-0.05, 0) is 25.1 Å². The highest BCUT2D eigenvalue weighted by atomic mass is 35.5. The quantitative estimate of drug-likeness (QED) is 0.910. The lowest BCUT2D eigenvalue weighted by atomic mass is 10.3. The van der Waals surface area contributed by atoms with Crippen molar-refractivity contribution in [2.24, 2.45) is 0 Å². The molecule has 0 saturated carbocycles. The van der Waals surface area contributed by atoms with E-state index in [-0.39, 0.29) is 6.54 Å². The third-order valence-corrected chi connectivity index (χ3v) is 2.85. The minimum atomic E-state index is -0.398. The fourth-order valence-electron chi connectivity index (χ4n) is 1.43. The van der Waals surface area contributed by atoms with Crippen molar-refractivity contribution in [1.29, 1.82) is 0 Å². The average Bonchev–Trinajstić information content (AvgIpc) is 2.77. The monoisotopic (exact) mass is 299 g/mol. The number of urea groups is 1. The van der Waals surface area contributed by atoms with E-state index in [0.29, 0.717) is 27.2 Å². The lowest BCUT2D eigenvalue weighted by molar-refractivity contribution is 0.251. The highest BCUT2D eigenvalue weighted by Gasteiger charge is 2.07. The first-order valence-corrected chi connectivity index (χ1v) is 6.22. The number of aryl methyl sites for hydroxylation is 1. The molecule has 19 heavy (non-hydrogen) atoms. The molecule has 0 unspecified atom stereocenters. The largest absolute Gasteiger partial charge is 0.361 e. The van der Waals surface area contributed by atoms with Crippen LogP contribution < -0.4 is 10.6 Å². The molecule has 2 rings (SSSR count). The molecule has 5 nitrogen and oxygen atoms in total. The van der Waals surface area contributed by atoms with Crippen LogP contribution in [0.15, 0.2) is 28.8 Å². The molecule has 0 bridgehead atoms. The van der Waals surface area contributed by atoms with Crippen LogP contribution in [0.3, 0.4) is 0 Å². The van der Waals surface area contributed by atoms with E-state index in [0.717, 1.165) is 0 Å². The fourth-order valence-corrected chi connectivity index (χ4v) is 1.77. The first-order chi connectivity index (χ1) is 9.04. The number of hydrogen-bond donors (Lipinski definition) is 2. The van der Waals surface area contributed by atoms with E-state index < -0.39 is 6.03 Å². The molecule has 1 heterocycles. The Morgan fingerprint density at radius 3 is 2.84 bits per heavy atom. The van der Waals surface area contributed by atoms with E-state index in [1.54, 1.807) is 31.2 Å². The Balaban J connectivity index is 1.92. The molecule has 0 atom stereocenters. The summed E-state index contributed by atoms with van der Waals surface area (Å²) >= 11 is 11.8. The number of rotatable bonds is 3. The number of halogens is 2. The van der Waals surface area contributed by atoms with Crippen molar-refractivity contribution in [3.05, 3.63) is 45.8 Å². The summed E-state index contributed by atoms with van der Waals surface area (Å²) in [6.45, 7) is 2.05. The lowest BCUT2D eigenvalue weighted by Gasteiger charge is -2.08. The number of nitrogens with one attached hydrogen (secondary N) is 2. The molecule has 1 aromatic carbocycles. The number of amides is 2. The van der Waals surface area contributed by atoms with Gasteiger partial charge >= 0.3 is 6.03 Å². The van der Waals surface area contributed by atoms with Gasteiger partial charge in [-0.25, -0.2) is 4.79 Å². The van der Waals surface area contributed by atoms with Gasteiger partial charge in [0.25, 0.3) is 0 Å². The molecule has 7 heteroatoms. The maximum Gasteiger partial charge on any atom is 0.319 e. The summed E-state index contributed by atoms with van der Waals surface area (Å²) in [7, 11) is 0. The molecular weight excluding hydrogens is 289 g/mol. The van der Waals surface area contributed by atoms with Crippen molar-refractivity contribution in [2.75, 3.05) is 5.32 Å². The Morgan fingerprint density at radius 2 is 2.16 bits per heavy atom. The third-order valence-electron chi connectivity index (χ3n) is 2.28. The van der Waals surface area contributed by atoms with Crippen molar-refractivity contribution in [3.63, 3.8) is 0 Å². The Hall–Kier alpha value is -1.72. The second kappa shape index (κ2) is 5.95. The van der Waals surface area contributed by atoms with Gasteiger partial charge in [-0.15, -0.1) is 0 Å². The van der Waals surface area contributed by atoms with Crippen LogP contribution in [-0.2, 0) is 6.54 Å². The highest BCUT2D eigenvalue weighted by Crippen LogP contribution is 2.25. The van der Waals surface area contributed by atoms with Crippen molar-refractivity contribution in [3.8, 4) is 0 Å². The number of nitrogens with zero attached hydrogens (tertiary/aromatic N) is 1. The van der Waals surface area contributed by atoms with Gasteiger partial charge in [0.15, 0.2) is 0 Å². The number of aromatic nitrogens is 1. The van der Waals surface area contributed by atoms with E-state index in [4.69, 9.17) is 27.7 Å². The molecule has 0 saturated heterocycles. The Labute approximate surface area is 119 Å². The van der Waals surface area contributed by atoms with Crippen LogP contribution in [0.1, 0.15) is 11.5 Å². The minimum absolute atomic E-state index is 0.265. The van der Waals surface area contributed by atoms with Gasteiger partial charge in [0.1, 0.15) is 11.5 Å². The zero-order valence-corrected chi connectivity index (χ0v) is 11.5. The van der Waals surface area contributed by atoms with Crippen molar-refractivity contribution in [2.45, 2.75) is 13.5 Å². The Kier molecular flexibility index (Phi) is 4.29. The van der Waals surface area contributed by atoms with Crippen molar-refractivity contribution < 1.29 is 9.32 Å². The first kappa shape index (κ1) is 13.7. The minimum Gasteiger partial charge on any atom is -0.361 e. The molecule has 2 aromatic rings. The summed E-state index contributed by atoms with van der Waals surface area (Å²) in [4.78, 5) is 11.7. The molecule has 0 aliphatic carbocycles. The van der Waals surface area contributed by atoms with E-state index in [9.17, 15) is 4.79 Å². The molecule has 0 aliphatic heterocycles. The second-order valence-corrected chi connectivity index (χ2v) is 4.70. The molecule has 100 valence electrons. The van der Waals surface area contributed by atoms with E-state index in [2.05, 4.69) is 15.8 Å². The van der Waals surface area contributed by atoms with Crippen LogP contribution in [0.25, 0.3) is 0 Å². The molecule has 2 amide bonds. The molecule has 1 aromatic heterocycles. The molecule has 0 fully saturated rings. The van der Waals surface area contributed by atoms with E-state index in [1.807, 2.05) is 0 Å². The fraction of sp³-hybridized carbons (Fsp3) is 0.167. The number of hydrogen-bond acceptors (Lipinski definition) is 3. The molecule has 2 N–H and O–H groups in total. The normalized spacial score (nSPS) is 10.3. The zero-order valence-electron chi connectivity index (χ0n) is 10.0. The van der Waals surface area contributed by atoms with Crippen LogP contribution in [0.4, 0.5) is 10.5 Å². The summed E-state index contributed by atoms with van der Waals surface area (Å²) < 4.78 is 4.89. The molecule has 0 aliphatic rings. The van der Waals surface area contributed by atoms with Crippen LogP contribution in [0.2, 0.25) is 10.0 Å². The Morgan fingerprint density at radius 1 is 1.37 bits per heavy atom. The van der Waals surface area contributed by atoms with Gasteiger partial charge in [0.2, 0.25) is 0 Å². The molecule has 0 radical (unpaired) electrons. The third kappa shape index (κ3) is 3.87. The predicted octanol–water partition coefficient (Wildman–Crippen LogP) is 3.61. The van der Waals surface area contributed by atoms with Crippen LogP contribution in [0, 0.1) is 6.92 Å². The van der Waals surface area contributed by atoms with Crippen molar-refractivity contribution >= 4 is 34.9 Å². The zero-order chi connectivity index (χ0) is 13.8. The van der Waals surface area contributed by atoms with Gasteiger partial charge in [-0.1, -0.05) is 28.4 Å². The topological polar surface area (TPSA) is 67.2 Å². The maximum atomic E-state index is 11.7. The SMILES string of the molecule is Cc1cc(CNC(=O)Nc2cc(Cl)ccc2Cl)no1. The second-order valence-electron chi connectivity index (χ2n) is 3.86. The van der Waals surface area contributed by atoms with Crippen LogP contribution >= 0.6 is 23.2 Å². The van der Waals surface area contributed by atoms with Crippen LogP contribution in [0.5, 0.6) is 0 Å². The summed E-state index contributed by atoms with van der Waals surface area (Å²) in [6.07, 6.45) is 0. The van der Waals surface area contributed by atoms with Crippen LogP contribution in [-0.4, -0.2) is 11.2 Å². The maximum absolute atomic E-state index is 11.7. The standard InChI is InChI=1S/C12H11Cl2N3O2/c1-7-4-9(17-19-7)6-15-12(18)16-11-5-8(13)2-3-10(11)14/h2-5H,6H2,1H3,(H2,15,16,18). The summed E-state index contributed by atoms with van der Waals surface area (Å²) in [5.74, 6) is 0.690. The molecule has 0 spiro atoms. The lowest BCUT2D eigenvalue weighted by Crippen LogP contribution is -2.28. The van der Waals surface area contributed by atoms with Gasteiger partial charge in [0.05, 0.1) is 17.3 Å². The summed E-state index contributed by atoms with van der Waals surface area (Å²) in [6, 6.07) is 6.17. The number of anilines is 1. The number of carbonyl (C=O) groups excluding carboxylic acids is 1. The van der Waals surface area contributed by atoms with Gasteiger partial charge in [0, 0.05) is 11.1 Å². The average molecular weight is 300 g/mol. The van der Waals surface area contributed by atoms with E-state index >= 15 is 0 Å². The highest BCUT2D eigenvalue weighted by molar-refractivity contribution is 6.35. The smallest absolute Gasteiger partial charge is 0.319 e. The van der Waals surface area contributed by atoms with Gasteiger partial charge in [-0.2, -0.15) is 0 Å². The van der Waals surface area contributed by atoms with Crippen molar-refractivity contribution in [1.82, 2.24) is 10.5 Å². The predicted molar refractivity (Wildman–Crippen MR) is 73.6 cm³/mol. The van der Waals surface area contributed by atoms with Gasteiger partial charge in [-0.3, -0.25) is 0 Å². The Bertz CT molecular complexity index is 598. The van der Waals surface area contributed by atoms with Gasteiger partial charge < -0.3 is 15.2 Å². The molecular formula is C12H11Cl2N3O2. The number of carbonyl (C=O) groups is 1. The van der Waals surface area contributed by atoms with E-state index in [1.165, 1.54) is 0 Å². The summed E-state index contributed by atoms with van der Waals surface area (Å²) in [5.41, 5.74) is 1.09. The summed E-state index contributed by atoms with van der Waals surface area (Å²) in [5, 5.41) is 9.90. The first-order valence-electron chi connectivity index (χ1n) is 5.46.